The van der Waals surface area contributed by atoms with Crippen molar-refractivity contribution in [1.82, 2.24) is 4.98 Å². The highest BCUT2D eigenvalue weighted by Gasteiger charge is 2.13. The summed E-state index contributed by atoms with van der Waals surface area (Å²) in [5.41, 5.74) is 0. The first-order valence-corrected chi connectivity index (χ1v) is 6.55. The molecule has 0 saturated carbocycles. The number of hydrogen-bond donors (Lipinski definition) is 2. The van der Waals surface area contributed by atoms with Gasteiger partial charge in [-0.2, -0.15) is 0 Å². The number of anilines is 1. The van der Waals surface area contributed by atoms with Crippen molar-refractivity contribution in [2.24, 2.45) is 0 Å². The Hall–Kier alpha value is -2.30. The lowest BCUT2D eigenvalue weighted by molar-refractivity contribution is -0.137. The molecule has 106 valence electrons. The number of carboxylic acid groups (broad SMARTS) is 1. The fraction of sp³-hybridized carbons (Fsp3) is 0.333. The Balaban J connectivity index is 2.37. The number of fused-ring (bicyclic) bond motifs is 1. The highest BCUT2D eigenvalue weighted by atomic mass is 16.5. The Kier molecular flexibility index (Phi) is 4.40. The molecule has 0 aliphatic heterocycles. The molecule has 0 amide bonds. The summed E-state index contributed by atoms with van der Waals surface area (Å²) in [5, 5.41) is 14.0. The zero-order valence-electron chi connectivity index (χ0n) is 11.6. The predicted molar refractivity (Wildman–Crippen MR) is 78.2 cm³/mol. The van der Waals surface area contributed by atoms with Crippen LogP contribution >= 0.6 is 0 Å². The number of methoxy groups -OCH3 is 1. The van der Waals surface area contributed by atoms with Gasteiger partial charge in [0.2, 0.25) is 0 Å². The van der Waals surface area contributed by atoms with Gasteiger partial charge >= 0.3 is 5.97 Å². The van der Waals surface area contributed by atoms with Gasteiger partial charge in [0.25, 0.3) is 0 Å². The molecule has 0 fully saturated rings. The summed E-state index contributed by atoms with van der Waals surface area (Å²) in [5.74, 6) is 0.649. The molecule has 5 nitrogen and oxygen atoms in total. The minimum atomic E-state index is -0.817. The Morgan fingerprint density at radius 1 is 1.40 bits per heavy atom. The van der Waals surface area contributed by atoms with E-state index in [4.69, 9.17) is 9.84 Å². The number of nitrogens with one attached hydrogen (secondary N) is 1. The van der Waals surface area contributed by atoms with E-state index in [0.29, 0.717) is 12.2 Å². The lowest BCUT2D eigenvalue weighted by Gasteiger charge is -2.17. The Morgan fingerprint density at radius 2 is 2.20 bits per heavy atom. The van der Waals surface area contributed by atoms with Crippen LogP contribution in [0.2, 0.25) is 0 Å². The topological polar surface area (TPSA) is 71.5 Å². The molecule has 20 heavy (non-hydrogen) atoms. The van der Waals surface area contributed by atoms with Crippen molar-refractivity contribution in [3.8, 4) is 5.75 Å². The van der Waals surface area contributed by atoms with Gasteiger partial charge in [0.15, 0.2) is 0 Å². The SMILES string of the molecule is CCC(CC(=O)O)Nc1nccc2c(OC)cccc12. The first-order valence-electron chi connectivity index (χ1n) is 6.55. The molecule has 2 N–H and O–H groups in total. The van der Waals surface area contributed by atoms with Gasteiger partial charge in [-0.05, 0) is 18.6 Å². The summed E-state index contributed by atoms with van der Waals surface area (Å²) in [6.45, 7) is 1.95. The molecule has 2 rings (SSSR count). The number of aliphatic carboxylic acids is 1. The number of nitrogens with zero attached hydrogens (tertiary/aromatic N) is 1. The third-order valence-corrected chi connectivity index (χ3v) is 3.24. The van der Waals surface area contributed by atoms with Gasteiger partial charge in [0.1, 0.15) is 11.6 Å². The van der Waals surface area contributed by atoms with Crippen LogP contribution in [0.1, 0.15) is 19.8 Å². The van der Waals surface area contributed by atoms with Crippen molar-refractivity contribution in [3.63, 3.8) is 0 Å². The second-order valence-corrected chi connectivity index (χ2v) is 4.56. The molecule has 0 radical (unpaired) electrons. The molecule has 5 heteroatoms. The van der Waals surface area contributed by atoms with Crippen molar-refractivity contribution in [3.05, 3.63) is 30.5 Å². The van der Waals surface area contributed by atoms with Crippen LogP contribution < -0.4 is 10.1 Å². The van der Waals surface area contributed by atoms with Crippen molar-refractivity contribution < 1.29 is 14.6 Å². The second-order valence-electron chi connectivity index (χ2n) is 4.56. The van der Waals surface area contributed by atoms with Crippen LogP contribution in [0.15, 0.2) is 30.5 Å². The van der Waals surface area contributed by atoms with E-state index in [9.17, 15) is 4.79 Å². The molecule has 0 aliphatic carbocycles. The van der Waals surface area contributed by atoms with E-state index < -0.39 is 5.97 Å². The van der Waals surface area contributed by atoms with Crippen LogP contribution in [0.25, 0.3) is 10.8 Å². The first-order chi connectivity index (χ1) is 9.65. The van der Waals surface area contributed by atoms with Crippen LogP contribution in [-0.2, 0) is 4.79 Å². The maximum Gasteiger partial charge on any atom is 0.305 e. The van der Waals surface area contributed by atoms with Gasteiger partial charge in [-0.15, -0.1) is 0 Å². The van der Waals surface area contributed by atoms with Crippen LogP contribution in [-0.4, -0.2) is 29.2 Å². The highest BCUT2D eigenvalue weighted by molar-refractivity contribution is 5.96. The van der Waals surface area contributed by atoms with E-state index in [1.165, 1.54) is 0 Å². The molecule has 0 saturated heterocycles. The van der Waals surface area contributed by atoms with Crippen molar-refractivity contribution >= 4 is 22.6 Å². The number of pyridine rings is 1. The third-order valence-electron chi connectivity index (χ3n) is 3.24. The maximum absolute atomic E-state index is 10.8. The number of rotatable bonds is 6. The quantitative estimate of drug-likeness (QED) is 0.847. The summed E-state index contributed by atoms with van der Waals surface area (Å²) in [6.07, 6.45) is 2.48. The minimum absolute atomic E-state index is 0.0680. The van der Waals surface area contributed by atoms with Gasteiger partial charge in [-0.25, -0.2) is 4.98 Å². The van der Waals surface area contributed by atoms with Crippen molar-refractivity contribution in [1.29, 1.82) is 0 Å². The van der Waals surface area contributed by atoms with Crippen LogP contribution in [0, 0.1) is 0 Å². The largest absolute Gasteiger partial charge is 0.496 e. The maximum atomic E-state index is 10.8. The summed E-state index contributed by atoms with van der Waals surface area (Å²) >= 11 is 0. The fourth-order valence-corrected chi connectivity index (χ4v) is 2.17. The zero-order chi connectivity index (χ0) is 14.5. The number of hydrogen-bond acceptors (Lipinski definition) is 4. The smallest absolute Gasteiger partial charge is 0.305 e. The second kappa shape index (κ2) is 6.23. The first kappa shape index (κ1) is 14.1. The number of aromatic nitrogens is 1. The summed E-state index contributed by atoms with van der Waals surface area (Å²) in [7, 11) is 1.63. The average Bonchev–Trinajstić information content (AvgIpc) is 2.45. The molecule has 1 atom stereocenters. The monoisotopic (exact) mass is 274 g/mol. The summed E-state index contributed by atoms with van der Waals surface area (Å²) in [6, 6.07) is 7.47. The average molecular weight is 274 g/mol. The minimum Gasteiger partial charge on any atom is -0.496 e. The lowest BCUT2D eigenvalue weighted by atomic mass is 10.1. The van der Waals surface area contributed by atoms with Crippen LogP contribution in [0.5, 0.6) is 5.75 Å². The normalized spacial score (nSPS) is 12.1. The molecule has 1 heterocycles. The van der Waals surface area contributed by atoms with Gasteiger partial charge in [-0.3, -0.25) is 4.79 Å². The van der Waals surface area contributed by atoms with Crippen LogP contribution in [0.3, 0.4) is 0 Å². The van der Waals surface area contributed by atoms with Gasteiger partial charge in [-0.1, -0.05) is 19.1 Å². The Labute approximate surface area is 117 Å². The Morgan fingerprint density at radius 3 is 2.85 bits per heavy atom. The third kappa shape index (κ3) is 2.99. The molecule has 0 aliphatic rings. The van der Waals surface area contributed by atoms with Gasteiger partial charge in [0.05, 0.1) is 13.5 Å². The van der Waals surface area contributed by atoms with Crippen molar-refractivity contribution in [2.45, 2.75) is 25.8 Å². The number of ether oxygens (including phenoxy) is 1. The summed E-state index contributed by atoms with van der Waals surface area (Å²) < 4.78 is 5.33. The zero-order valence-corrected chi connectivity index (χ0v) is 11.6. The molecule has 1 aromatic heterocycles. The van der Waals surface area contributed by atoms with E-state index in [1.807, 2.05) is 31.2 Å². The fourth-order valence-electron chi connectivity index (χ4n) is 2.17. The van der Waals surface area contributed by atoms with E-state index in [1.54, 1.807) is 13.3 Å². The molecule has 1 aromatic carbocycles. The summed E-state index contributed by atoms with van der Waals surface area (Å²) in [4.78, 5) is 15.2. The predicted octanol–water partition coefficient (Wildman–Crippen LogP) is 2.91. The standard InChI is InChI=1S/C15H18N2O3/c1-3-10(9-14(18)19)17-15-12-5-4-6-13(20-2)11(12)7-8-16-15/h4-8,10H,3,9H2,1-2H3,(H,16,17)(H,18,19). The molecular weight excluding hydrogens is 256 g/mol. The van der Waals surface area contributed by atoms with Crippen molar-refractivity contribution in [2.75, 3.05) is 12.4 Å². The molecule has 0 spiro atoms. The van der Waals surface area contributed by atoms with Gasteiger partial charge in [0, 0.05) is 23.0 Å². The highest BCUT2D eigenvalue weighted by Crippen LogP contribution is 2.29. The van der Waals surface area contributed by atoms with E-state index in [-0.39, 0.29) is 12.5 Å². The van der Waals surface area contributed by atoms with E-state index in [0.717, 1.165) is 16.5 Å². The van der Waals surface area contributed by atoms with Crippen LogP contribution in [0.4, 0.5) is 5.82 Å². The molecular formula is C15H18N2O3. The molecule has 0 bridgehead atoms. The number of carbonyl (C=O) groups is 1. The number of carboxylic acids is 1. The number of benzene rings is 1. The van der Waals surface area contributed by atoms with E-state index >= 15 is 0 Å². The lowest BCUT2D eigenvalue weighted by Crippen LogP contribution is -2.22. The Bertz CT molecular complexity index is 613. The van der Waals surface area contributed by atoms with E-state index in [2.05, 4.69) is 10.3 Å². The molecule has 1 unspecified atom stereocenters. The molecule has 2 aromatic rings. The van der Waals surface area contributed by atoms with Gasteiger partial charge < -0.3 is 15.2 Å².